The Morgan fingerprint density at radius 2 is 2.12 bits per heavy atom. The molecular formula is C12H23N3O2. The first-order valence-electron chi connectivity index (χ1n) is 6.40. The molecule has 0 atom stereocenters. The van der Waals surface area contributed by atoms with Crippen LogP contribution in [0, 0.1) is 5.41 Å². The number of ether oxygens (including phenoxy) is 1. The van der Waals surface area contributed by atoms with Crippen LogP contribution in [-0.4, -0.2) is 56.2 Å². The van der Waals surface area contributed by atoms with Crippen molar-refractivity contribution in [3.8, 4) is 0 Å². The maximum absolute atomic E-state index is 11.8. The average molecular weight is 241 g/mol. The lowest BCUT2D eigenvalue weighted by Crippen LogP contribution is -2.51. The third kappa shape index (κ3) is 3.66. The molecule has 2 aliphatic heterocycles. The van der Waals surface area contributed by atoms with Gasteiger partial charge in [-0.25, -0.2) is 0 Å². The van der Waals surface area contributed by atoms with E-state index in [1.165, 1.54) is 0 Å². The highest BCUT2D eigenvalue weighted by Crippen LogP contribution is 2.24. The lowest BCUT2D eigenvalue weighted by atomic mass is 9.89. The number of hydrogen-bond acceptors (Lipinski definition) is 4. The van der Waals surface area contributed by atoms with Crippen LogP contribution in [0.25, 0.3) is 0 Å². The third-order valence-corrected chi connectivity index (χ3v) is 3.61. The van der Waals surface area contributed by atoms with Gasteiger partial charge in [-0.05, 0) is 12.8 Å². The number of carbonyl (C=O) groups is 1. The fourth-order valence-corrected chi connectivity index (χ4v) is 2.23. The van der Waals surface area contributed by atoms with E-state index in [2.05, 4.69) is 17.1 Å². The van der Waals surface area contributed by atoms with Crippen LogP contribution in [0.5, 0.6) is 0 Å². The molecule has 98 valence electrons. The van der Waals surface area contributed by atoms with Gasteiger partial charge in [0.05, 0.1) is 19.8 Å². The normalized spacial score (nSPS) is 25.3. The molecule has 0 aliphatic carbocycles. The van der Waals surface area contributed by atoms with E-state index in [-0.39, 0.29) is 11.3 Å². The number of nitrogens with zero attached hydrogens (tertiary/aromatic N) is 1. The highest BCUT2D eigenvalue weighted by atomic mass is 16.5. The van der Waals surface area contributed by atoms with Gasteiger partial charge in [-0.15, -0.1) is 0 Å². The molecule has 2 fully saturated rings. The van der Waals surface area contributed by atoms with Crippen molar-refractivity contribution in [2.45, 2.75) is 25.8 Å². The van der Waals surface area contributed by atoms with E-state index < -0.39 is 0 Å². The summed E-state index contributed by atoms with van der Waals surface area (Å²) in [5, 5.41) is 2.99. The van der Waals surface area contributed by atoms with Crippen molar-refractivity contribution in [2.75, 3.05) is 39.4 Å². The Morgan fingerprint density at radius 3 is 2.65 bits per heavy atom. The van der Waals surface area contributed by atoms with Crippen LogP contribution >= 0.6 is 0 Å². The van der Waals surface area contributed by atoms with Gasteiger partial charge in [-0.2, -0.15) is 0 Å². The molecule has 3 N–H and O–H groups in total. The molecule has 2 saturated heterocycles. The molecule has 17 heavy (non-hydrogen) atoms. The van der Waals surface area contributed by atoms with Crippen LogP contribution in [-0.2, 0) is 9.53 Å². The molecule has 0 unspecified atom stereocenters. The number of amides is 1. The summed E-state index contributed by atoms with van der Waals surface area (Å²) in [5.41, 5.74) is 5.98. The lowest BCUT2D eigenvalue weighted by molar-refractivity contribution is -0.128. The fraction of sp³-hybridized carbons (Fsp3) is 0.917. The number of nitrogens with one attached hydrogen (secondary N) is 1. The smallest absolute Gasteiger partial charge is 0.234 e. The largest absolute Gasteiger partial charge is 0.380 e. The first-order valence-corrected chi connectivity index (χ1v) is 6.40. The third-order valence-electron chi connectivity index (χ3n) is 3.61. The summed E-state index contributed by atoms with van der Waals surface area (Å²) in [6.07, 6.45) is 2.00. The van der Waals surface area contributed by atoms with Gasteiger partial charge >= 0.3 is 0 Å². The van der Waals surface area contributed by atoms with Gasteiger partial charge < -0.3 is 15.8 Å². The molecule has 5 heteroatoms. The monoisotopic (exact) mass is 241 g/mol. The van der Waals surface area contributed by atoms with Gasteiger partial charge in [0.2, 0.25) is 5.91 Å². The Balaban J connectivity index is 1.63. The van der Waals surface area contributed by atoms with E-state index in [4.69, 9.17) is 10.5 Å². The van der Waals surface area contributed by atoms with Gasteiger partial charge in [0.25, 0.3) is 0 Å². The summed E-state index contributed by atoms with van der Waals surface area (Å²) in [4.78, 5) is 13.9. The number of nitrogens with two attached hydrogens (primary N) is 1. The maximum Gasteiger partial charge on any atom is 0.234 e. The first-order chi connectivity index (χ1) is 8.07. The molecule has 2 rings (SSSR count). The minimum atomic E-state index is 0.119. The molecule has 2 heterocycles. The summed E-state index contributed by atoms with van der Waals surface area (Å²) in [7, 11) is 0. The van der Waals surface area contributed by atoms with Gasteiger partial charge in [-0.3, -0.25) is 9.69 Å². The molecule has 2 aliphatic rings. The topological polar surface area (TPSA) is 67.6 Å². The van der Waals surface area contributed by atoms with E-state index in [0.29, 0.717) is 12.6 Å². The number of rotatable bonds is 4. The van der Waals surface area contributed by atoms with Crippen LogP contribution in [0.1, 0.15) is 19.8 Å². The standard InChI is InChI=1S/C12H23N3O2/c1-12(8-17-9-12)7-14-11(16)6-15-4-2-10(13)3-5-15/h10H,2-9,13H2,1H3,(H,14,16). The molecule has 0 saturated carbocycles. The Morgan fingerprint density at radius 1 is 1.47 bits per heavy atom. The zero-order valence-electron chi connectivity index (χ0n) is 10.6. The number of hydrogen-bond donors (Lipinski definition) is 2. The SMILES string of the molecule is CC1(CNC(=O)CN2CCC(N)CC2)COC1. The number of likely N-dealkylation sites (tertiary alicyclic amines) is 1. The molecule has 0 radical (unpaired) electrons. The van der Waals surface area contributed by atoms with E-state index >= 15 is 0 Å². The van der Waals surface area contributed by atoms with E-state index in [1.54, 1.807) is 0 Å². The van der Waals surface area contributed by atoms with Crippen LogP contribution in [0.3, 0.4) is 0 Å². The van der Waals surface area contributed by atoms with Crippen molar-refractivity contribution in [3.63, 3.8) is 0 Å². The van der Waals surface area contributed by atoms with Crippen molar-refractivity contribution in [1.82, 2.24) is 10.2 Å². The van der Waals surface area contributed by atoms with Gasteiger partial charge in [0.15, 0.2) is 0 Å². The Hall–Kier alpha value is -0.650. The summed E-state index contributed by atoms with van der Waals surface area (Å²) in [6, 6.07) is 0.320. The second kappa shape index (κ2) is 5.33. The quantitative estimate of drug-likeness (QED) is 0.700. The van der Waals surface area contributed by atoms with Crippen molar-refractivity contribution < 1.29 is 9.53 Å². The van der Waals surface area contributed by atoms with Crippen molar-refractivity contribution in [3.05, 3.63) is 0 Å². The molecule has 0 spiro atoms. The average Bonchev–Trinajstić information content (AvgIpc) is 2.27. The Bertz CT molecular complexity index is 271. The van der Waals surface area contributed by atoms with E-state index in [9.17, 15) is 4.79 Å². The van der Waals surface area contributed by atoms with Crippen molar-refractivity contribution in [2.24, 2.45) is 11.1 Å². The molecule has 5 nitrogen and oxygen atoms in total. The second-order valence-electron chi connectivity index (χ2n) is 5.69. The predicted molar refractivity (Wildman–Crippen MR) is 65.6 cm³/mol. The van der Waals surface area contributed by atoms with Crippen LogP contribution in [0.15, 0.2) is 0 Å². The molecule has 1 amide bonds. The first kappa shape index (κ1) is 12.8. The van der Waals surface area contributed by atoms with Crippen LogP contribution in [0.2, 0.25) is 0 Å². The van der Waals surface area contributed by atoms with Crippen LogP contribution < -0.4 is 11.1 Å². The van der Waals surface area contributed by atoms with Gasteiger partial charge in [0, 0.05) is 31.1 Å². The van der Waals surface area contributed by atoms with E-state index in [0.717, 1.165) is 45.7 Å². The van der Waals surface area contributed by atoms with Crippen LogP contribution in [0.4, 0.5) is 0 Å². The second-order valence-corrected chi connectivity index (χ2v) is 5.69. The molecular weight excluding hydrogens is 218 g/mol. The van der Waals surface area contributed by atoms with E-state index in [1.807, 2.05) is 0 Å². The number of piperidine rings is 1. The maximum atomic E-state index is 11.8. The molecule has 0 aromatic rings. The Kier molecular flexibility index (Phi) is 4.01. The Labute approximate surface area is 103 Å². The fourth-order valence-electron chi connectivity index (χ4n) is 2.23. The van der Waals surface area contributed by atoms with Gasteiger partial charge in [0.1, 0.15) is 0 Å². The molecule has 0 bridgehead atoms. The van der Waals surface area contributed by atoms with Crippen molar-refractivity contribution >= 4 is 5.91 Å². The zero-order valence-corrected chi connectivity index (χ0v) is 10.6. The predicted octanol–water partition coefficient (Wildman–Crippen LogP) is -0.438. The van der Waals surface area contributed by atoms with Crippen molar-refractivity contribution in [1.29, 1.82) is 0 Å². The summed E-state index contributed by atoms with van der Waals surface area (Å²) >= 11 is 0. The lowest BCUT2D eigenvalue weighted by Gasteiger charge is -2.38. The van der Waals surface area contributed by atoms with Gasteiger partial charge in [-0.1, -0.05) is 6.92 Å². The summed E-state index contributed by atoms with van der Waals surface area (Å²) < 4.78 is 5.16. The highest BCUT2D eigenvalue weighted by Gasteiger charge is 2.33. The minimum Gasteiger partial charge on any atom is -0.380 e. The minimum absolute atomic E-state index is 0.119. The summed E-state index contributed by atoms with van der Waals surface area (Å²) in [5.74, 6) is 0.119. The summed E-state index contributed by atoms with van der Waals surface area (Å²) in [6.45, 7) is 6.75. The zero-order chi connectivity index (χ0) is 12.3. The molecule has 0 aromatic carbocycles. The number of carbonyl (C=O) groups excluding carboxylic acids is 1. The molecule has 0 aromatic heterocycles. The highest BCUT2D eigenvalue weighted by molar-refractivity contribution is 5.78.